The highest BCUT2D eigenvalue weighted by atomic mass is 35.5. The summed E-state index contributed by atoms with van der Waals surface area (Å²) < 4.78 is 50.7. The lowest BCUT2D eigenvalue weighted by Crippen LogP contribution is -2.67. The molecule has 2 amide bonds. The molecule has 0 radical (unpaired) electrons. The first-order chi connectivity index (χ1) is 11.2. The van der Waals surface area contributed by atoms with Crippen molar-refractivity contribution in [3.63, 3.8) is 0 Å². The number of alkyl halides is 3. The average molecular weight is 365 g/mol. The second-order valence-corrected chi connectivity index (χ2v) is 6.31. The van der Waals surface area contributed by atoms with Gasteiger partial charge in [-0.25, -0.2) is 4.79 Å². The van der Waals surface area contributed by atoms with Gasteiger partial charge >= 0.3 is 18.1 Å². The van der Waals surface area contributed by atoms with Gasteiger partial charge in [-0.15, -0.1) is 0 Å². The van der Waals surface area contributed by atoms with Crippen molar-refractivity contribution in [2.24, 2.45) is 0 Å². The number of ether oxygens (including phenoxy) is 2. The van der Waals surface area contributed by atoms with Gasteiger partial charge in [-0.2, -0.15) is 13.2 Å². The molecule has 0 aliphatic carbocycles. The van der Waals surface area contributed by atoms with E-state index >= 15 is 0 Å². The van der Waals surface area contributed by atoms with Gasteiger partial charge in [-0.05, 0) is 38.3 Å². The molecule has 2 unspecified atom stereocenters. The number of benzene rings is 1. The summed E-state index contributed by atoms with van der Waals surface area (Å²) in [5, 5.41) is 2.07. The van der Waals surface area contributed by atoms with Crippen LogP contribution < -0.4 is 14.8 Å². The van der Waals surface area contributed by atoms with Crippen LogP contribution in [0.3, 0.4) is 0 Å². The van der Waals surface area contributed by atoms with Crippen LogP contribution in [-0.4, -0.2) is 35.6 Å². The lowest BCUT2D eigenvalue weighted by atomic mass is 10.0. The Morgan fingerprint density at radius 3 is 2.71 bits per heavy atom. The summed E-state index contributed by atoms with van der Waals surface area (Å²) in [6.45, 7) is 2.18. The van der Waals surface area contributed by atoms with Crippen LogP contribution in [-0.2, 0) is 0 Å². The SMILES string of the molecule is CC1CCCCN1C(=O)NC1(C(F)(F)F)Oc2ccc(Cl)cc2O1. The molecule has 9 heteroatoms. The molecule has 0 bridgehead atoms. The number of amides is 2. The largest absolute Gasteiger partial charge is 0.492 e. The van der Waals surface area contributed by atoms with E-state index in [0.717, 1.165) is 19.3 Å². The van der Waals surface area contributed by atoms with Crippen LogP contribution in [0.15, 0.2) is 18.2 Å². The monoisotopic (exact) mass is 364 g/mol. The average Bonchev–Trinajstić information content (AvgIpc) is 2.85. The molecule has 0 saturated carbocycles. The van der Waals surface area contributed by atoms with Gasteiger partial charge < -0.3 is 14.4 Å². The van der Waals surface area contributed by atoms with Gasteiger partial charge in [0.25, 0.3) is 0 Å². The minimum absolute atomic E-state index is 0.135. The third-order valence-corrected chi connectivity index (χ3v) is 4.36. The maximum atomic E-state index is 13.6. The highest BCUT2D eigenvalue weighted by Crippen LogP contribution is 2.46. The molecule has 24 heavy (non-hydrogen) atoms. The number of hydrogen-bond donors (Lipinski definition) is 1. The molecule has 1 aromatic rings. The van der Waals surface area contributed by atoms with Crippen molar-refractivity contribution in [2.75, 3.05) is 6.54 Å². The van der Waals surface area contributed by atoms with Crippen LogP contribution in [0.5, 0.6) is 11.5 Å². The molecule has 1 aromatic carbocycles. The van der Waals surface area contributed by atoms with E-state index in [1.807, 2.05) is 5.32 Å². The fourth-order valence-electron chi connectivity index (χ4n) is 2.83. The molecular weight excluding hydrogens is 349 g/mol. The fourth-order valence-corrected chi connectivity index (χ4v) is 2.99. The fraction of sp³-hybridized carbons (Fsp3) is 0.533. The number of rotatable bonds is 1. The number of nitrogens with one attached hydrogen (secondary N) is 1. The Kier molecular flexibility index (Phi) is 4.19. The molecular formula is C15H16ClF3N2O3. The zero-order valence-corrected chi connectivity index (χ0v) is 13.6. The molecule has 2 atom stereocenters. The van der Waals surface area contributed by atoms with Crippen molar-refractivity contribution >= 4 is 17.6 Å². The summed E-state index contributed by atoms with van der Waals surface area (Å²) in [5.74, 6) is -3.57. The Bertz CT molecular complexity index is 655. The molecule has 2 aliphatic rings. The van der Waals surface area contributed by atoms with Gasteiger partial charge in [0.15, 0.2) is 11.5 Å². The summed E-state index contributed by atoms with van der Waals surface area (Å²) in [5.41, 5.74) is 0. The zero-order chi connectivity index (χ0) is 17.5. The van der Waals surface area contributed by atoms with E-state index in [1.54, 1.807) is 6.92 Å². The van der Waals surface area contributed by atoms with Crippen molar-refractivity contribution < 1.29 is 27.4 Å². The second kappa shape index (κ2) is 5.91. The molecule has 132 valence electrons. The van der Waals surface area contributed by atoms with Crippen molar-refractivity contribution in [1.29, 1.82) is 0 Å². The number of hydrogen-bond acceptors (Lipinski definition) is 3. The Hall–Kier alpha value is -1.83. The van der Waals surface area contributed by atoms with Crippen LogP contribution in [0.1, 0.15) is 26.2 Å². The van der Waals surface area contributed by atoms with Crippen LogP contribution in [0.25, 0.3) is 0 Å². The third kappa shape index (κ3) is 2.94. The third-order valence-electron chi connectivity index (χ3n) is 4.12. The number of likely N-dealkylation sites (tertiary alicyclic amines) is 1. The van der Waals surface area contributed by atoms with Crippen LogP contribution in [0.4, 0.5) is 18.0 Å². The van der Waals surface area contributed by atoms with Crippen molar-refractivity contribution in [1.82, 2.24) is 10.2 Å². The number of fused-ring (bicyclic) bond motifs is 1. The first-order valence-electron chi connectivity index (χ1n) is 7.55. The number of carbonyl (C=O) groups excluding carboxylic acids is 1. The first-order valence-corrected chi connectivity index (χ1v) is 7.93. The topological polar surface area (TPSA) is 50.8 Å². The van der Waals surface area contributed by atoms with Gasteiger partial charge in [0.05, 0.1) is 0 Å². The van der Waals surface area contributed by atoms with E-state index in [4.69, 9.17) is 21.1 Å². The highest BCUT2D eigenvalue weighted by molar-refractivity contribution is 6.30. The number of piperidine rings is 1. The second-order valence-electron chi connectivity index (χ2n) is 5.88. The number of urea groups is 1. The minimum atomic E-state index is -4.98. The molecule has 3 rings (SSSR count). The predicted octanol–water partition coefficient (Wildman–Crippen LogP) is 3.91. The van der Waals surface area contributed by atoms with E-state index in [9.17, 15) is 18.0 Å². The van der Waals surface area contributed by atoms with E-state index in [-0.39, 0.29) is 22.6 Å². The molecule has 5 nitrogen and oxygen atoms in total. The Morgan fingerprint density at radius 2 is 2.04 bits per heavy atom. The van der Waals surface area contributed by atoms with Crippen molar-refractivity contribution in [3.8, 4) is 11.5 Å². The maximum absolute atomic E-state index is 13.6. The lowest BCUT2D eigenvalue weighted by molar-refractivity contribution is -0.318. The van der Waals surface area contributed by atoms with E-state index in [0.29, 0.717) is 6.54 Å². The molecule has 0 aromatic heterocycles. The Balaban J connectivity index is 1.85. The highest BCUT2D eigenvalue weighted by Gasteiger charge is 2.66. The van der Waals surface area contributed by atoms with Crippen LogP contribution >= 0.6 is 11.6 Å². The van der Waals surface area contributed by atoms with Crippen LogP contribution in [0.2, 0.25) is 5.02 Å². The summed E-state index contributed by atoms with van der Waals surface area (Å²) >= 11 is 5.76. The standard InChI is InChI=1S/C15H16ClF3N2O3/c1-9-4-2-3-7-21(9)13(22)20-15(14(17,18)19)23-11-6-5-10(16)8-12(11)24-15/h5-6,8-9H,2-4,7H2,1H3,(H,20,22). The van der Waals surface area contributed by atoms with Gasteiger partial charge in [0, 0.05) is 23.7 Å². The maximum Gasteiger partial charge on any atom is 0.492 e. The number of nitrogens with zero attached hydrogens (tertiary/aromatic N) is 1. The van der Waals surface area contributed by atoms with Gasteiger partial charge in [-0.3, -0.25) is 5.32 Å². The van der Waals surface area contributed by atoms with Gasteiger partial charge in [-0.1, -0.05) is 11.6 Å². The van der Waals surface area contributed by atoms with Gasteiger partial charge in [0.1, 0.15) is 0 Å². The summed E-state index contributed by atoms with van der Waals surface area (Å²) in [4.78, 5) is 13.7. The number of halogens is 4. The van der Waals surface area contributed by atoms with E-state index in [2.05, 4.69) is 0 Å². The summed E-state index contributed by atoms with van der Waals surface area (Å²) in [6, 6.07) is 2.83. The summed E-state index contributed by atoms with van der Waals surface area (Å²) in [7, 11) is 0. The zero-order valence-electron chi connectivity index (χ0n) is 12.8. The molecule has 2 aliphatic heterocycles. The van der Waals surface area contributed by atoms with Crippen LogP contribution in [0, 0.1) is 0 Å². The van der Waals surface area contributed by atoms with Gasteiger partial charge in [0.2, 0.25) is 0 Å². The molecule has 1 saturated heterocycles. The molecule has 1 N–H and O–H groups in total. The van der Waals surface area contributed by atoms with E-state index in [1.165, 1.54) is 23.1 Å². The summed E-state index contributed by atoms with van der Waals surface area (Å²) in [6.07, 6.45) is -2.56. The quantitative estimate of drug-likeness (QED) is 0.822. The Labute approximate surface area is 141 Å². The smallest absolute Gasteiger partial charge is 0.424 e. The minimum Gasteiger partial charge on any atom is -0.424 e. The normalized spacial score (nSPS) is 26.4. The molecule has 1 fully saturated rings. The molecule has 2 heterocycles. The number of carbonyl (C=O) groups is 1. The molecule has 0 spiro atoms. The van der Waals surface area contributed by atoms with Crippen molar-refractivity contribution in [2.45, 2.75) is 44.3 Å². The van der Waals surface area contributed by atoms with Crippen molar-refractivity contribution in [3.05, 3.63) is 23.2 Å². The predicted molar refractivity (Wildman–Crippen MR) is 80.0 cm³/mol. The first kappa shape index (κ1) is 17.0. The lowest BCUT2D eigenvalue weighted by Gasteiger charge is -2.37. The van der Waals surface area contributed by atoms with E-state index < -0.39 is 18.1 Å². The Morgan fingerprint density at radius 1 is 1.33 bits per heavy atom.